The van der Waals surface area contributed by atoms with Crippen molar-refractivity contribution in [2.75, 3.05) is 0 Å². The molecule has 0 radical (unpaired) electrons. The Morgan fingerprint density at radius 2 is 1.54 bits per heavy atom. The van der Waals surface area contributed by atoms with Crippen molar-refractivity contribution < 1.29 is 24.3 Å². The van der Waals surface area contributed by atoms with Crippen LogP contribution in [0.15, 0.2) is 60.7 Å². The molecule has 2 rings (SSSR count). The predicted octanol–water partition coefficient (Wildman–Crippen LogP) is 3.91. The zero-order valence-electron chi connectivity index (χ0n) is 15.1. The number of carbonyl (C=O) groups excluding carboxylic acids is 1. The highest BCUT2D eigenvalue weighted by molar-refractivity contribution is 5.80. The van der Waals surface area contributed by atoms with Crippen LogP contribution >= 0.6 is 0 Å². The van der Waals surface area contributed by atoms with E-state index in [4.69, 9.17) is 9.57 Å². The second-order valence-corrected chi connectivity index (χ2v) is 6.75. The van der Waals surface area contributed by atoms with Crippen LogP contribution in [0.1, 0.15) is 26.3 Å². The van der Waals surface area contributed by atoms with E-state index in [1.165, 1.54) is 0 Å². The number of amides is 1. The van der Waals surface area contributed by atoms with Gasteiger partial charge in [0.05, 0.1) is 0 Å². The average molecular weight is 357 g/mol. The maximum absolute atomic E-state index is 12.6. The summed E-state index contributed by atoms with van der Waals surface area (Å²) in [6.45, 7) is 5.12. The van der Waals surface area contributed by atoms with Gasteiger partial charge in [-0.05, 0) is 38.5 Å². The van der Waals surface area contributed by atoms with E-state index in [9.17, 15) is 14.7 Å². The van der Waals surface area contributed by atoms with Crippen LogP contribution in [0.25, 0.3) is 0 Å². The van der Waals surface area contributed by atoms with Crippen molar-refractivity contribution in [3.8, 4) is 5.75 Å². The molecule has 0 aromatic heterocycles. The Balaban J connectivity index is 2.31. The maximum atomic E-state index is 12.6. The lowest BCUT2D eigenvalue weighted by Gasteiger charge is -2.30. The number of carboxylic acids is 1. The Morgan fingerprint density at radius 3 is 2.04 bits per heavy atom. The normalized spacial score (nSPS) is 12.1. The molecule has 2 aromatic carbocycles. The summed E-state index contributed by atoms with van der Waals surface area (Å²) in [5, 5.41) is 10.5. The molecule has 0 spiro atoms. The molecule has 1 amide bonds. The highest BCUT2D eigenvalue weighted by Gasteiger charge is 2.35. The minimum Gasteiger partial charge on any atom is -0.480 e. The molecule has 1 atom stereocenters. The molecule has 0 saturated heterocycles. The lowest BCUT2D eigenvalue weighted by Crippen LogP contribution is -2.50. The zero-order chi connectivity index (χ0) is 19.2. The predicted molar refractivity (Wildman–Crippen MR) is 96.7 cm³/mol. The first-order chi connectivity index (χ1) is 12.3. The van der Waals surface area contributed by atoms with Crippen LogP contribution in [-0.2, 0) is 16.0 Å². The van der Waals surface area contributed by atoms with Crippen molar-refractivity contribution in [2.24, 2.45) is 0 Å². The fraction of sp³-hybridized carbons (Fsp3) is 0.300. The summed E-state index contributed by atoms with van der Waals surface area (Å²) in [7, 11) is 0. The molecular weight excluding hydrogens is 334 g/mol. The molecule has 0 aliphatic carbocycles. The third-order valence-corrected chi connectivity index (χ3v) is 3.36. The Morgan fingerprint density at radius 1 is 1.00 bits per heavy atom. The van der Waals surface area contributed by atoms with E-state index in [1.54, 1.807) is 63.2 Å². The number of hydroxylamine groups is 2. The summed E-state index contributed by atoms with van der Waals surface area (Å²) in [6.07, 6.45) is -0.771. The van der Waals surface area contributed by atoms with Gasteiger partial charge in [-0.25, -0.2) is 9.59 Å². The van der Waals surface area contributed by atoms with Gasteiger partial charge in [-0.15, -0.1) is 5.06 Å². The quantitative estimate of drug-likeness (QED) is 0.793. The summed E-state index contributed by atoms with van der Waals surface area (Å²) in [5.41, 5.74) is -0.0179. The molecule has 0 fully saturated rings. The standard InChI is InChI=1S/C20H23NO5/c1-20(2,3)25-19(24)21(26-16-12-8-5-9-13-16)17(18(22)23)14-15-10-6-4-7-11-15/h4-13,17H,14H2,1-3H3,(H,22,23). The second-order valence-electron chi connectivity index (χ2n) is 6.75. The van der Waals surface area contributed by atoms with Gasteiger partial charge < -0.3 is 14.7 Å². The number of ether oxygens (including phenoxy) is 1. The number of rotatable bonds is 6. The Bertz CT molecular complexity index is 725. The van der Waals surface area contributed by atoms with Crippen LogP contribution < -0.4 is 4.84 Å². The summed E-state index contributed by atoms with van der Waals surface area (Å²) < 4.78 is 5.34. The van der Waals surface area contributed by atoms with Gasteiger partial charge in [-0.3, -0.25) is 0 Å². The van der Waals surface area contributed by atoms with Crippen LogP contribution in [0.3, 0.4) is 0 Å². The lowest BCUT2D eigenvalue weighted by atomic mass is 10.1. The molecule has 0 aliphatic rings. The molecule has 6 heteroatoms. The van der Waals surface area contributed by atoms with Gasteiger partial charge in [0.15, 0.2) is 11.8 Å². The van der Waals surface area contributed by atoms with E-state index < -0.39 is 23.7 Å². The first-order valence-corrected chi connectivity index (χ1v) is 8.28. The number of aliphatic carboxylic acids is 1. The highest BCUT2D eigenvalue weighted by atomic mass is 16.7. The van der Waals surface area contributed by atoms with E-state index in [0.717, 1.165) is 10.6 Å². The number of hydrogen-bond donors (Lipinski definition) is 1. The van der Waals surface area contributed by atoms with Crippen LogP contribution in [-0.4, -0.2) is 33.9 Å². The van der Waals surface area contributed by atoms with Gasteiger partial charge >= 0.3 is 12.1 Å². The molecule has 1 N–H and O–H groups in total. The number of para-hydroxylation sites is 1. The molecule has 2 aromatic rings. The molecule has 0 bridgehead atoms. The van der Waals surface area contributed by atoms with Gasteiger partial charge in [0.1, 0.15) is 5.60 Å². The minimum atomic E-state index is -1.24. The van der Waals surface area contributed by atoms with E-state index in [-0.39, 0.29) is 6.42 Å². The Hall–Kier alpha value is -3.02. The summed E-state index contributed by atoms with van der Waals surface area (Å²) in [6, 6.07) is 16.3. The van der Waals surface area contributed by atoms with Crippen LogP contribution in [0.4, 0.5) is 4.79 Å². The minimum absolute atomic E-state index is 0.0856. The number of nitrogens with zero attached hydrogens (tertiary/aromatic N) is 1. The fourth-order valence-electron chi connectivity index (χ4n) is 2.24. The van der Waals surface area contributed by atoms with Gasteiger partial charge in [0.2, 0.25) is 0 Å². The Kier molecular flexibility index (Phi) is 6.22. The topological polar surface area (TPSA) is 76.1 Å². The smallest absolute Gasteiger partial charge is 0.444 e. The first-order valence-electron chi connectivity index (χ1n) is 8.28. The van der Waals surface area contributed by atoms with Gasteiger partial charge in [-0.2, -0.15) is 0 Å². The first kappa shape index (κ1) is 19.3. The molecule has 0 saturated carbocycles. The highest BCUT2D eigenvalue weighted by Crippen LogP contribution is 2.19. The van der Waals surface area contributed by atoms with Crippen molar-refractivity contribution in [2.45, 2.75) is 38.8 Å². The van der Waals surface area contributed by atoms with Gasteiger partial charge in [-0.1, -0.05) is 48.5 Å². The number of carbonyl (C=O) groups is 2. The van der Waals surface area contributed by atoms with E-state index in [1.807, 2.05) is 18.2 Å². The third kappa shape index (κ3) is 5.81. The molecule has 0 aliphatic heterocycles. The molecular formula is C20H23NO5. The maximum Gasteiger partial charge on any atom is 0.444 e. The second kappa shape index (κ2) is 8.38. The zero-order valence-corrected chi connectivity index (χ0v) is 15.1. The Labute approximate surface area is 152 Å². The third-order valence-electron chi connectivity index (χ3n) is 3.36. The molecule has 6 nitrogen and oxygen atoms in total. The summed E-state index contributed by atoms with van der Waals surface area (Å²) >= 11 is 0. The van der Waals surface area contributed by atoms with E-state index in [2.05, 4.69) is 0 Å². The van der Waals surface area contributed by atoms with Crippen molar-refractivity contribution in [3.05, 3.63) is 66.2 Å². The van der Waals surface area contributed by atoms with E-state index in [0.29, 0.717) is 5.75 Å². The summed E-state index contributed by atoms with van der Waals surface area (Å²) in [4.78, 5) is 30.1. The molecule has 138 valence electrons. The molecule has 26 heavy (non-hydrogen) atoms. The van der Waals surface area contributed by atoms with Gasteiger partial charge in [0, 0.05) is 6.42 Å². The average Bonchev–Trinajstić information content (AvgIpc) is 2.58. The van der Waals surface area contributed by atoms with Crippen LogP contribution in [0.5, 0.6) is 5.75 Å². The van der Waals surface area contributed by atoms with E-state index >= 15 is 0 Å². The lowest BCUT2D eigenvalue weighted by molar-refractivity contribution is -0.157. The fourth-order valence-corrected chi connectivity index (χ4v) is 2.24. The van der Waals surface area contributed by atoms with Crippen LogP contribution in [0, 0.1) is 0 Å². The number of hydrogen-bond acceptors (Lipinski definition) is 4. The number of carboxylic acid groups (broad SMARTS) is 1. The number of benzene rings is 2. The van der Waals surface area contributed by atoms with Crippen molar-refractivity contribution >= 4 is 12.1 Å². The van der Waals surface area contributed by atoms with Crippen molar-refractivity contribution in [1.82, 2.24) is 5.06 Å². The molecule has 1 unspecified atom stereocenters. The van der Waals surface area contributed by atoms with Gasteiger partial charge in [0.25, 0.3) is 0 Å². The summed E-state index contributed by atoms with van der Waals surface area (Å²) in [5.74, 6) is -0.840. The SMILES string of the molecule is CC(C)(C)OC(=O)N(Oc1ccccc1)C(Cc1ccccc1)C(=O)O. The monoisotopic (exact) mass is 357 g/mol. The van der Waals surface area contributed by atoms with Crippen LogP contribution in [0.2, 0.25) is 0 Å². The van der Waals surface area contributed by atoms with Crippen molar-refractivity contribution in [1.29, 1.82) is 0 Å². The largest absolute Gasteiger partial charge is 0.480 e. The van der Waals surface area contributed by atoms with Crippen molar-refractivity contribution in [3.63, 3.8) is 0 Å². The molecule has 0 heterocycles.